The Labute approximate surface area is 221 Å². The van der Waals surface area contributed by atoms with Crippen LogP contribution < -0.4 is 11.1 Å². The average molecular weight is 543 g/mol. The number of likely N-dealkylation sites (tertiary alicyclic amines) is 1. The Morgan fingerprint density at radius 1 is 1.21 bits per heavy atom. The summed E-state index contributed by atoms with van der Waals surface area (Å²) in [7, 11) is 0. The first-order chi connectivity index (χ1) is 18.2. The number of amides is 2. The van der Waals surface area contributed by atoms with Gasteiger partial charge in [-0.05, 0) is 63.5 Å². The van der Waals surface area contributed by atoms with Gasteiger partial charge in [-0.15, -0.1) is 11.3 Å². The molecule has 0 radical (unpaired) electrons. The number of carbonyl (C=O) groups is 2. The fraction of sp³-hybridized carbons (Fsp3) is 0.385. The van der Waals surface area contributed by atoms with Gasteiger partial charge >= 0.3 is 0 Å². The second kappa shape index (κ2) is 10.6. The van der Waals surface area contributed by atoms with E-state index in [1.807, 2.05) is 6.92 Å². The highest BCUT2D eigenvalue weighted by Crippen LogP contribution is 2.43. The van der Waals surface area contributed by atoms with Crippen molar-refractivity contribution in [2.24, 2.45) is 5.73 Å². The minimum absolute atomic E-state index is 0.00847. The van der Waals surface area contributed by atoms with Crippen molar-refractivity contribution < 1.29 is 22.8 Å². The summed E-state index contributed by atoms with van der Waals surface area (Å²) in [6.45, 7) is 6.82. The van der Waals surface area contributed by atoms with Crippen LogP contribution in [0.3, 0.4) is 0 Å². The molecule has 2 amide bonds. The van der Waals surface area contributed by atoms with E-state index in [2.05, 4.69) is 20.3 Å². The van der Waals surface area contributed by atoms with Gasteiger partial charge in [0.1, 0.15) is 21.2 Å². The van der Waals surface area contributed by atoms with E-state index < -0.39 is 23.9 Å². The lowest BCUT2D eigenvalue weighted by Gasteiger charge is -2.25. The van der Waals surface area contributed by atoms with E-state index in [-0.39, 0.29) is 21.2 Å². The number of aryl methyl sites for hydroxylation is 2. The number of alkyl halides is 2. The molecule has 0 aliphatic carbocycles. The first-order valence-corrected chi connectivity index (χ1v) is 13.3. The third-order valence-corrected chi connectivity index (χ3v) is 7.74. The number of aromatic nitrogens is 3. The quantitative estimate of drug-likeness (QED) is 0.310. The normalized spacial score (nSPS) is 14.4. The summed E-state index contributed by atoms with van der Waals surface area (Å²) in [6, 6.07) is 4.61. The summed E-state index contributed by atoms with van der Waals surface area (Å²) < 4.78 is 35.1. The minimum atomic E-state index is -2.83. The van der Waals surface area contributed by atoms with Crippen molar-refractivity contribution in [3.8, 4) is 11.1 Å². The molecule has 1 aliphatic heterocycles. The lowest BCUT2D eigenvalue weighted by Crippen LogP contribution is -2.28. The first-order valence-electron chi connectivity index (χ1n) is 12.5. The third kappa shape index (κ3) is 5.05. The maximum Gasteiger partial charge on any atom is 0.291 e. The van der Waals surface area contributed by atoms with E-state index in [0.717, 1.165) is 37.3 Å². The highest BCUT2D eigenvalue weighted by Gasteiger charge is 2.27. The minimum Gasteiger partial charge on any atom is -0.455 e. The fourth-order valence-electron chi connectivity index (χ4n) is 4.78. The number of fused-ring (bicyclic) bond motifs is 1. The molecule has 0 spiro atoms. The van der Waals surface area contributed by atoms with Gasteiger partial charge in [0.05, 0.1) is 17.9 Å². The molecule has 12 heteroatoms. The van der Waals surface area contributed by atoms with Crippen molar-refractivity contribution in [2.75, 3.05) is 18.4 Å². The van der Waals surface area contributed by atoms with E-state index in [1.165, 1.54) is 12.5 Å². The predicted octanol–water partition coefficient (Wildman–Crippen LogP) is 5.36. The van der Waals surface area contributed by atoms with Gasteiger partial charge in [-0.1, -0.05) is 6.42 Å². The number of rotatable bonds is 8. The zero-order chi connectivity index (χ0) is 27.0. The van der Waals surface area contributed by atoms with Crippen molar-refractivity contribution in [1.82, 2.24) is 19.7 Å². The van der Waals surface area contributed by atoms with E-state index in [9.17, 15) is 18.4 Å². The molecule has 0 bridgehead atoms. The van der Waals surface area contributed by atoms with E-state index in [4.69, 9.17) is 10.2 Å². The van der Waals surface area contributed by atoms with E-state index in [0.29, 0.717) is 41.1 Å². The van der Waals surface area contributed by atoms with Crippen molar-refractivity contribution in [3.05, 3.63) is 52.2 Å². The Balaban J connectivity index is 1.56. The van der Waals surface area contributed by atoms with Gasteiger partial charge < -0.3 is 15.5 Å². The Morgan fingerprint density at radius 2 is 1.97 bits per heavy atom. The molecule has 3 N–H and O–H groups in total. The number of nitrogens with one attached hydrogen (secondary N) is 1. The predicted molar refractivity (Wildman–Crippen MR) is 141 cm³/mol. The maximum atomic E-state index is 13.8. The lowest BCUT2D eigenvalue weighted by atomic mass is 10.0. The monoisotopic (exact) mass is 542 g/mol. The first kappa shape index (κ1) is 26.0. The van der Waals surface area contributed by atoms with Gasteiger partial charge in [0.15, 0.2) is 5.76 Å². The van der Waals surface area contributed by atoms with Gasteiger partial charge in [0.25, 0.3) is 18.2 Å². The number of thiophene rings is 1. The molecule has 5 rings (SSSR count). The smallest absolute Gasteiger partial charge is 0.291 e. The van der Waals surface area contributed by atoms with E-state index >= 15 is 0 Å². The summed E-state index contributed by atoms with van der Waals surface area (Å²) in [4.78, 5) is 32.2. The molecule has 200 valence electrons. The van der Waals surface area contributed by atoms with Crippen LogP contribution in [0.25, 0.3) is 21.3 Å². The number of pyridine rings is 1. The molecule has 0 unspecified atom stereocenters. The molecule has 1 aliphatic rings. The van der Waals surface area contributed by atoms with Gasteiger partial charge in [-0.25, -0.2) is 13.8 Å². The Kier molecular flexibility index (Phi) is 7.26. The van der Waals surface area contributed by atoms with Crippen LogP contribution in [0.2, 0.25) is 0 Å². The molecular formula is C26H28F2N6O3S. The van der Waals surface area contributed by atoms with Gasteiger partial charge in [-0.3, -0.25) is 19.2 Å². The van der Waals surface area contributed by atoms with Crippen LogP contribution >= 0.6 is 11.3 Å². The number of piperidine rings is 1. The van der Waals surface area contributed by atoms with Crippen LogP contribution in [0.4, 0.5) is 14.5 Å². The number of hydrogen-bond donors (Lipinski definition) is 2. The molecule has 5 heterocycles. The number of nitrogens with two attached hydrogens (primary N) is 1. The molecule has 1 fully saturated rings. The second-order valence-corrected chi connectivity index (χ2v) is 10.3. The molecule has 4 aromatic rings. The van der Waals surface area contributed by atoms with Crippen LogP contribution in [0.15, 0.2) is 28.8 Å². The molecular weight excluding hydrogens is 514 g/mol. The summed E-state index contributed by atoms with van der Waals surface area (Å²) in [5, 5.41) is 7.54. The van der Waals surface area contributed by atoms with Crippen LogP contribution in [-0.2, 0) is 13.1 Å². The number of primary amides is 1. The second-order valence-electron chi connectivity index (χ2n) is 9.29. The zero-order valence-corrected chi connectivity index (χ0v) is 21.9. The Morgan fingerprint density at radius 3 is 2.63 bits per heavy atom. The van der Waals surface area contributed by atoms with Crippen molar-refractivity contribution in [2.45, 2.75) is 52.6 Å². The zero-order valence-electron chi connectivity index (χ0n) is 21.1. The van der Waals surface area contributed by atoms with Crippen LogP contribution in [0, 0.1) is 6.92 Å². The molecule has 4 aromatic heterocycles. The highest BCUT2D eigenvalue weighted by molar-refractivity contribution is 7.21. The Bertz CT molecular complexity index is 1500. The van der Waals surface area contributed by atoms with Crippen LogP contribution in [0.5, 0.6) is 0 Å². The third-order valence-electron chi connectivity index (χ3n) is 6.64. The SMILES string of the molecule is CCn1cc(-c2cc(C(F)F)nc3sc(C(N)=O)c(NC(=O)c4ccc(CN5CCCCC5)o4)c23)c(C)n1. The van der Waals surface area contributed by atoms with E-state index in [1.54, 1.807) is 29.9 Å². The number of hydrogen-bond acceptors (Lipinski definition) is 7. The molecule has 0 atom stereocenters. The summed E-state index contributed by atoms with van der Waals surface area (Å²) in [5.41, 5.74) is 6.89. The lowest BCUT2D eigenvalue weighted by molar-refractivity contribution is 0.0992. The molecule has 9 nitrogen and oxygen atoms in total. The highest BCUT2D eigenvalue weighted by atomic mass is 32.1. The van der Waals surface area contributed by atoms with Crippen molar-refractivity contribution in [1.29, 1.82) is 0 Å². The number of nitrogens with zero attached hydrogens (tertiary/aromatic N) is 4. The number of anilines is 1. The van der Waals surface area contributed by atoms with Crippen molar-refractivity contribution >= 4 is 39.1 Å². The van der Waals surface area contributed by atoms with Gasteiger partial charge in [0.2, 0.25) is 0 Å². The number of carbonyl (C=O) groups excluding carboxylic acids is 2. The number of furan rings is 1. The molecule has 0 aromatic carbocycles. The van der Waals surface area contributed by atoms with Crippen LogP contribution in [0.1, 0.15) is 70.0 Å². The van der Waals surface area contributed by atoms with Gasteiger partial charge in [0, 0.05) is 23.7 Å². The standard InChI is InChI=1S/C26H28F2N6O3S/c1-3-34-13-17(14(2)32-34)16-11-18(23(27)28)30-26-20(16)21(22(38-26)24(29)35)31-25(36)19-8-7-15(37-19)12-33-9-5-4-6-10-33/h7-8,11,13,23H,3-6,9-10,12H2,1-2H3,(H2,29,35)(H,31,36). The summed E-state index contributed by atoms with van der Waals surface area (Å²) in [5.74, 6) is -0.657. The molecule has 1 saturated heterocycles. The average Bonchev–Trinajstić information content (AvgIpc) is 3.61. The summed E-state index contributed by atoms with van der Waals surface area (Å²) in [6.07, 6.45) is 2.39. The topological polar surface area (TPSA) is 119 Å². The Hall–Kier alpha value is -3.64. The fourth-order valence-corrected chi connectivity index (χ4v) is 5.79. The maximum absolute atomic E-state index is 13.8. The molecule has 0 saturated carbocycles. The summed E-state index contributed by atoms with van der Waals surface area (Å²) >= 11 is 0.858. The molecule has 38 heavy (non-hydrogen) atoms. The largest absolute Gasteiger partial charge is 0.455 e. The van der Waals surface area contributed by atoms with Gasteiger partial charge in [-0.2, -0.15) is 5.10 Å². The van der Waals surface area contributed by atoms with Crippen LogP contribution in [-0.4, -0.2) is 44.6 Å². The van der Waals surface area contributed by atoms with Crippen molar-refractivity contribution in [3.63, 3.8) is 0 Å². The number of halogens is 2.